The van der Waals surface area contributed by atoms with E-state index < -0.39 is 18.1 Å². The SMILES string of the molecule is CC/C=C\C/C=C\C/C=C\C/C=C\CCCCCCCCCCC(=O)OC(COCCC(C(=O)[O-])[N+](C)(C)C)COC(=O)CC/C=C\C/C=C\C/C=C\C/C=C\CC. The Bertz CT molecular complexity index is 1260. The molecule has 0 heterocycles. The lowest BCUT2D eigenvalue weighted by molar-refractivity contribution is -0.889. The zero-order chi connectivity index (χ0) is 42.8. The average Bonchev–Trinajstić information content (AvgIpc) is 3.18. The first-order chi connectivity index (χ1) is 28.1. The van der Waals surface area contributed by atoms with E-state index in [0.717, 1.165) is 83.5 Å². The fourth-order valence-corrected chi connectivity index (χ4v) is 5.84. The summed E-state index contributed by atoms with van der Waals surface area (Å²) in [5, 5.41) is 11.6. The van der Waals surface area contributed by atoms with E-state index in [2.05, 4.69) is 98.9 Å². The number of hydrogen-bond acceptors (Lipinski definition) is 7. The van der Waals surface area contributed by atoms with Crippen LogP contribution in [0.2, 0.25) is 0 Å². The molecule has 8 heteroatoms. The normalized spacial score (nSPS) is 13.9. The van der Waals surface area contributed by atoms with Crippen LogP contribution in [0.25, 0.3) is 0 Å². The molecule has 328 valence electrons. The van der Waals surface area contributed by atoms with Gasteiger partial charge >= 0.3 is 11.9 Å². The Kier molecular flexibility index (Phi) is 37.5. The number of carboxylic acids is 1. The van der Waals surface area contributed by atoms with Gasteiger partial charge in [-0.05, 0) is 77.0 Å². The molecule has 0 aliphatic rings. The molecule has 8 nitrogen and oxygen atoms in total. The minimum atomic E-state index is -1.14. The molecule has 0 aromatic rings. The molecule has 2 atom stereocenters. The van der Waals surface area contributed by atoms with E-state index in [4.69, 9.17) is 14.2 Å². The predicted molar refractivity (Wildman–Crippen MR) is 240 cm³/mol. The van der Waals surface area contributed by atoms with Crippen LogP contribution in [0.4, 0.5) is 0 Å². The molecular formula is C50H81NO7. The van der Waals surface area contributed by atoms with Crippen molar-refractivity contribution in [2.24, 2.45) is 0 Å². The van der Waals surface area contributed by atoms with Crippen LogP contribution < -0.4 is 5.11 Å². The zero-order valence-electron chi connectivity index (χ0n) is 37.2. The van der Waals surface area contributed by atoms with Gasteiger partial charge in [0.15, 0.2) is 6.10 Å². The number of quaternary nitrogens is 1. The number of carbonyl (C=O) groups excluding carboxylic acids is 3. The van der Waals surface area contributed by atoms with Crippen molar-refractivity contribution in [2.45, 2.75) is 161 Å². The van der Waals surface area contributed by atoms with Gasteiger partial charge in [0, 0.05) is 19.3 Å². The van der Waals surface area contributed by atoms with Crippen molar-refractivity contribution < 1.29 is 38.2 Å². The maximum absolute atomic E-state index is 12.7. The summed E-state index contributed by atoms with van der Waals surface area (Å²) in [4.78, 5) is 36.8. The van der Waals surface area contributed by atoms with Gasteiger partial charge in [0.2, 0.25) is 0 Å². The minimum absolute atomic E-state index is 0.00901. The molecule has 0 saturated heterocycles. The third kappa shape index (κ3) is 37.8. The van der Waals surface area contributed by atoms with Gasteiger partial charge in [-0.2, -0.15) is 0 Å². The number of ether oxygens (including phenoxy) is 3. The highest BCUT2D eigenvalue weighted by molar-refractivity contribution is 5.70. The number of unbranched alkanes of at least 4 members (excludes halogenated alkanes) is 8. The Hall–Kier alpha value is -3.75. The van der Waals surface area contributed by atoms with Crippen molar-refractivity contribution in [2.75, 3.05) is 41.0 Å². The molecule has 0 aromatic carbocycles. The Morgan fingerprint density at radius 2 is 0.948 bits per heavy atom. The first kappa shape index (κ1) is 54.2. The molecule has 0 spiro atoms. The van der Waals surface area contributed by atoms with Crippen molar-refractivity contribution in [1.29, 1.82) is 0 Å². The van der Waals surface area contributed by atoms with Crippen molar-refractivity contribution in [3.8, 4) is 0 Å². The van der Waals surface area contributed by atoms with Crippen LogP contribution in [0.5, 0.6) is 0 Å². The second kappa shape index (κ2) is 40.0. The fraction of sp³-hybridized carbons (Fsp3) is 0.620. The second-order valence-electron chi connectivity index (χ2n) is 15.5. The average molecular weight is 808 g/mol. The minimum Gasteiger partial charge on any atom is -0.544 e. The van der Waals surface area contributed by atoms with Crippen molar-refractivity contribution >= 4 is 17.9 Å². The summed E-state index contributed by atoms with van der Waals surface area (Å²) in [5.74, 6) is -1.86. The summed E-state index contributed by atoms with van der Waals surface area (Å²) < 4.78 is 17.1. The van der Waals surface area contributed by atoms with Crippen LogP contribution in [-0.4, -0.2) is 75.5 Å². The number of nitrogens with zero attached hydrogens (tertiary/aromatic N) is 1. The summed E-state index contributed by atoms with van der Waals surface area (Å²) >= 11 is 0. The molecule has 0 aromatic heterocycles. The van der Waals surface area contributed by atoms with Gasteiger partial charge in [0.05, 0.1) is 40.3 Å². The standard InChI is InChI=1S/C50H81NO7/c1-6-8-10-12-14-16-18-20-21-22-23-24-25-26-27-29-31-33-35-37-39-41-49(53)58-46(44-56-43-42-47(50(54)55)51(3,4)5)45-57-48(52)40-38-36-34-32-30-28-19-17-15-13-11-9-7-2/h8-11,14-17,20-21,23-24,28,30,34,36,46-47H,6-7,12-13,18-19,22,25-27,29,31-33,35,37-45H2,1-5H3/b10-8-,11-9-,16-14-,17-15-,21-20-,24-23-,30-28-,36-34-. The highest BCUT2D eigenvalue weighted by Crippen LogP contribution is 2.13. The van der Waals surface area contributed by atoms with Crippen molar-refractivity contribution in [1.82, 2.24) is 0 Å². The quantitative estimate of drug-likeness (QED) is 0.0265. The Balaban J connectivity index is 4.41. The van der Waals surface area contributed by atoms with Gasteiger partial charge < -0.3 is 28.6 Å². The molecule has 0 rings (SSSR count). The number of aliphatic carboxylic acids is 1. The molecule has 2 unspecified atom stereocenters. The van der Waals surface area contributed by atoms with Crippen LogP contribution >= 0.6 is 0 Å². The van der Waals surface area contributed by atoms with Gasteiger partial charge in [-0.15, -0.1) is 0 Å². The Morgan fingerprint density at radius 3 is 1.41 bits per heavy atom. The van der Waals surface area contributed by atoms with Crippen LogP contribution in [0, 0.1) is 0 Å². The largest absolute Gasteiger partial charge is 0.544 e. The van der Waals surface area contributed by atoms with E-state index in [1.807, 2.05) is 12.2 Å². The number of carboxylic acid groups (broad SMARTS) is 1. The van der Waals surface area contributed by atoms with E-state index in [0.29, 0.717) is 12.8 Å². The molecule has 0 fully saturated rings. The van der Waals surface area contributed by atoms with E-state index in [1.165, 1.54) is 25.7 Å². The lowest BCUT2D eigenvalue weighted by atomic mass is 10.1. The maximum Gasteiger partial charge on any atom is 0.306 e. The van der Waals surface area contributed by atoms with Gasteiger partial charge in [-0.3, -0.25) is 9.59 Å². The van der Waals surface area contributed by atoms with E-state index in [9.17, 15) is 19.5 Å². The van der Waals surface area contributed by atoms with E-state index >= 15 is 0 Å². The summed E-state index contributed by atoms with van der Waals surface area (Å²) in [6.07, 6.45) is 53.1. The summed E-state index contributed by atoms with van der Waals surface area (Å²) in [6.45, 7) is 4.32. The number of rotatable bonds is 38. The topological polar surface area (TPSA) is 102 Å². The number of allylic oxidation sites excluding steroid dienone is 16. The van der Waals surface area contributed by atoms with Crippen LogP contribution in [0.15, 0.2) is 97.2 Å². The zero-order valence-corrected chi connectivity index (χ0v) is 37.2. The Labute approximate surface area is 354 Å². The van der Waals surface area contributed by atoms with E-state index in [-0.39, 0.29) is 49.1 Å². The maximum atomic E-state index is 12.7. The molecule has 0 bridgehead atoms. The Morgan fingerprint density at radius 1 is 0.517 bits per heavy atom. The summed E-state index contributed by atoms with van der Waals surface area (Å²) in [5.41, 5.74) is 0. The van der Waals surface area contributed by atoms with E-state index in [1.54, 1.807) is 21.1 Å². The summed E-state index contributed by atoms with van der Waals surface area (Å²) in [6, 6.07) is -0.742. The first-order valence-corrected chi connectivity index (χ1v) is 22.3. The van der Waals surface area contributed by atoms with Crippen molar-refractivity contribution in [3.05, 3.63) is 97.2 Å². The number of esters is 2. The molecule has 58 heavy (non-hydrogen) atoms. The lowest BCUT2D eigenvalue weighted by Gasteiger charge is -2.34. The fourth-order valence-electron chi connectivity index (χ4n) is 5.84. The highest BCUT2D eigenvalue weighted by atomic mass is 16.6. The molecule has 0 radical (unpaired) electrons. The molecule has 0 N–H and O–H groups in total. The highest BCUT2D eigenvalue weighted by Gasteiger charge is 2.25. The van der Waals surface area contributed by atoms with Gasteiger partial charge in [-0.1, -0.05) is 150 Å². The first-order valence-electron chi connectivity index (χ1n) is 22.3. The summed E-state index contributed by atoms with van der Waals surface area (Å²) in [7, 11) is 5.37. The molecular weight excluding hydrogens is 727 g/mol. The van der Waals surface area contributed by atoms with Crippen LogP contribution in [0.3, 0.4) is 0 Å². The van der Waals surface area contributed by atoms with Crippen LogP contribution in [-0.2, 0) is 28.6 Å². The lowest BCUT2D eigenvalue weighted by Crippen LogP contribution is -2.55. The number of hydrogen-bond donors (Lipinski definition) is 0. The smallest absolute Gasteiger partial charge is 0.306 e. The molecule has 0 aliphatic heterocycles. The van der Waals surface area contributed by atoms with Gasteiger partial charge in [0.1, 0.15) is 12.6 Å². The molecule has 0 aliphatic carbocycles. The third-order valence-corrected chi connectivity index (χ3v) is 9.23. The van der Waals surface area contributed by atoms with Gasteiger partial charge in [-0.25, -0.2) is 0 Å². The molecule has 0 amide bonds. The van der Waals surface area contributed by atoms with Gasteiger partial charge in [0.25, 0.3) is 0 Å². The predicted octanol–water partition coefficient (Wildman–Crippen LogP) is 11.0. The monoisotopic (exact) mass is 808 g/mol. The third-order valence-electron chi connectivity index (χ3n) is 9.23. The molecule has 0 saturated carbocycles. The number of carbonyl (C=O) groups is 3. The second-order valence-corrected chi connectivity index (χ2v) is 15.5. The van der Waals surface area contributed by atoms with Crippen molar-refractivity contribution in [3.63, 3.8) is 0 Å². The number of likely N-dealkylation sites (N-methyl/N-ethyl adjacent to an activating group) is 1. The van der Waals surface area contributed by atoms with Crippen LogP contribution in [0.1, 0.15) is 149 Å².